The van der Waals surface area contributed by atoms with Crippen molar-refractivity contribution < 1.29 is 14.4 Å². The Kier molecular flexibility index (Phi) is 4.35. The molecule has 6 nitrogen and oxygen atoms in total. The van der Waals surface area contributed by atoms with E-state index in [1.807, 2.05) is 31.2 Å². The van der Waals surface area contributed by atoms with Gasteiger partial charge in [0.1, 0.15) is 0 Å². The Bertz CT molecular complexity index is 833. The van der Waals surface area contributed by atoms with Crippen molar-refractivity contribution in [2.75, 3.05) is 5.32 Å². The third-order valence-corrected chi connectivity index (χ3v) is 4.24. The van der Waals surface area contributed by atoms with Gasteiger partial charge >= 0.3 is 6.03 Å². The highest BCUT2D eigenvalue weighted by atomic mass is 79.9. The zero-order valence-electron chi connectivity index (χ0n) is 12.7. The Labute approximate surface area is 146 Å². The van der Waals surface area contributed by atoms with Gasteiger partial charge in [-0.3, -0.25) is 14.9 Å². The monoisotopic (exact) mass is 387 g/mol. The molecule has 2 aromatic carbocycles. The molecule has 0 radical (unpaired) electrons. The first-order valence-corrected chi connectivity index (χ1v) is 8.06. The molecular formula is C17H14BrN3O3. The van der Waals surface area contributed by atoms with Gasteiger partial charge in [0.25, 0.3) is 11.8 Å². The average Bonchev–Trinajstić information content (AvgIpc) is 2.82. The molecule has 7 heteroatoms. The second kappa shape index (κ2) is 6.45. The standard InChI is InChI=1S/C17H14BrN3O3/c1-9(10-2-4-11(18)5-3-10)19-17(24)20-12-6-7-13-14(8-12)16(23)21-15(13)22/h2-9H,1H3,(H2,19,20,24)(H,21,22,23). The van der Waals surface area contributed by atoms with Crippen molar-refractivity contribution in [3.63, 3.8) is 0 Å². The van der Waals surface area contributed by atoms with Gasteiger partial charge in [-0.05, 0) is 42.8 Å². The first-order chi connectivity index (χ1) is 11.4. The maximum absolute atomic E-state index is 12.1. The summed E-state index contributed by atoms with van der Waals surface area (Å²) < 4.78 is 0.967. The molecule has 2 aromatic rings. The fourth-order valence-electron chi connectivity index (χ4n) is 2.44. The minimum atomic E-state index is -0.456. The number of hydrogen-bond donors (Lipinski definition) is 3. The fraction of sp³-hybridized carbons (Fsp3) is 0.118. The number of anilines is 1. The van der Waals surface area contributed by atoms with Crippen LogP contribution in [0.3, 0.4) is 0 Å². The van der Waals surface area contributed by atoms with Crippen molar-refractivity contribution >= 4 is 39.5 Å². The lowest BCUT2D eigenvalue weighted by Crippen LogP contribution is -2.31. The first kappa shape index (κ1) is 16.2. The predicted molar refractivity (Wildman–Crippen MR) is 93.0 cm³/mol. The molecule has 0 bridgehead atoms. The van der Waals surface area contributed by atoms with Gasteiger partial charge in [-0.25, -0.2) is 4.79 Å². The van der Waals surface area contributed by atoms with Crippen LogP contribution in [0.4, 0.5) is 10.5 Å². The number of carbonyl (C=O) groups excluding carboxylic acids is 3. The predicted octanol–water partition coefficient (Wildman–Crippen LogP) is 3.22. The summed E-state index contributed by atoms with van der Waals surface area (Å²) in [7, 11) is 0. The van der Waals surface area contributed by atoms with E-state index >= 15 is 0 Å². The minimum Gasteiger partial charge on any atom is -0.331 e. The van der Waals surface area contributed by atoms with Gasteiger partial charge in [0, 0.05) is 10.2 Å². The van der Waals surface area contributed by atoms with Crippen molar-refractivity contribution in [2.24, 2.45) is 0 Å². The number of fused-ring (bicyclic) bond motifs is 1. The molecule has 1 heterocycles. The van der Waals surface area contributed by atoms with Gasteiger partial charge in [0.2, 0.25) is 0 Å². The van der Waals surface area contributed by atoms with E-state index in [1.165, 1.54) is 12.1 Å². The van der Waals surface area contributed by atoms with E-state index in [9.17, 15) is 14.4 Å². The molecule has 122 valence electrons. The third kappa shape index (κ3) is 3.30. The van der Waals surface area contributed by atoms with Crippen molar-refractivity contribution in [2.45, 2.75) is 13.0 Å². The van der Waals surface area contributed by atoms with E-state index < -0.39 is 17.8 Å². The molecule has 0 aliphatic carbocycles. The van der Waals surface area contributed by atoms with Gasteiger partial charge < -0.3 is 10.6 Å². The summed E-state index contributed by atoms with van der Waals surface area (Å²) in [5.74, 6) is -0.878. The highest BCUT2D eigenvalue weighted by Crippen LogP contribution is 2.21. The van der Waals surface area contributed by atoms with E-state index in [0.717, 1.165) is 10.0 Å². The number of benzene rings is 2. The SMILES string of the molecule is CC(NC(=O)Nc1ccc2c(c1)C(=O)NC2=O)c1ccc(Br)cc1. The Morgan fingerprint density at radius 1 is 1.04 bits per heavy atom. The molecule has 1 aliphatic rings. The molecule has 1 aliphatic heterocycles. The molecule has 0 saturated heterocycles. The quantitative estimate of drug-likeness (QED) is 0.706. The summed E-state index contributed by atoms with van der Waals surface area (Å²) in [5.41, 5.74) is 1.99. The van der Waals surface area contributed by atoms with E-state index in [2.05, 4.69) is 31.9 Å². The van der Waals surface area contributed by atoms with Gasteiger partial charge in [-0.15, -0.1) is 0 Å². The summed E-state index contributed by atoms with van der Waals surface area (Å²) >= 11 is 3.37. The van der Waals surface area contributed by atoms with Crippen molar-refractivity contribution in [3.05, 3.63) is 63.6 Å². The third-order valence-electron chi connectivity index (χ3n) is 3.71. The van der Waals surface area contributed by atoms with Gasteiger partial charge in [-0.1, -0.05) is 28.1 Å². The molecule has 3 N–H and O–H groups in total. The summed E-state index contributed by atoms with van der Waals surface area (Å²) in [4.78, 5) is 35.3. The van der Waals surface area contributed by atoms with E-state index in [1.54, 1.807) is 6.07 Å². The smallest absolute Gasteiger partial charge is 0.319 e. The lowest BCUT2D eigenvalue weighted by Gasteiger charge is -2.15. The van der Waals surface area contributed by atoms with Crippen LogP contribution in [-0.2, 0) is 0 Å². The number of nitrogens with one attached hydrogen (secondary N) is 3. The number of hydrogen-bond acceptors (Lipinski definition) is 3. The zero-order chi connectivity index (χ0) is 17.3. The molecule has 1 unspecified atom stereocenters. The van der Waals surface area contributed by atoms with Crippen molar-refractivity contribution in [1.29, 1.82) is 0 Å². The van der Waals surface area contributed by atoms with Crippen LogP contribution in [0, 0.1) is 0 Å². The normalized spacial score (nSPS) is 13.9. The number of carbonyl (C=O) groups is 3. The molecule has 0 spiro atoms. The highest BCUT2D eigenvalue weighted by molar-refractivity contribution is 9.10. The second-order valence-electron chi connectivity index (χ2n) is 5.42. The van der Waals surface area contributed by atoms with Crippen LogP contribution in [0.25, 0.3) is 0 Å². The topological polar surface area (TPSA) is 87.3 Å². The summed E-state index contributed by atoms with van der Waals surface area (Å²) in [6.07, 6.45) is 0. The molecule has 4 amide bonds. The highest BCUT2D eigenvalue weighted by Gasteiger charge is 2.26. The zero-order valence-corrected chi connectivity index (χ0v) is 14.3. The average molecular weight is 388 g/mol. The van der Waals surface area contributed by atoms with Crippen LogP contribution in [-0.4, -0.2) is 17.8 Å². The second-order valence-corrected chi connectivity index (χ2v) is 6.33. The Hall–Kier alpha value is -2.67. The molecule has 0 aromatic heterocycles. The number of imide groups is 1. The maximum atomic E-state index is 12.1. The number of amides is 4. The largest absolute Gasteiger partial charge is 0.331 e. The van der Waals surface area contributed by atoms with Crippen LogP contribution in [0.1, 0.15) is 39.2 Å². The van der Waals surface area contributed by atoms with Crippen LogP contribution < -0.4 is 16.0 Å². The van der Waals surface area contributed by atoms with E-state index in [-0.39, 0.29) is 11.6 Å². The molecule has 0 fully saturated rings. The van der Waals surface area contributed by atoms with E-state index in [0.29, 0.717) is 11.3 Å². The molecule has 3 rings (SSSR count). The van der Waals surface area contributed by atoms with Crippen LogP contribution in [0.15, 0.2) is 46.9 Å². The molecule has 0 saturated carbocycles. The maximum Gasteiger partial charge on any atom is 0.319 e. The first-order valence-electron chi connectivity index (χ1n) is 7.27. The van der Waals surface area contributed by atoms with Gasteiger partial charge in [0.15, 0.2) is 0 Å². The molecule has 24 heavy (non-hydrogen) atoms. The Morgan fingerprint density at radius 2 is 1.71 bits per heavy atom. The van der Waals surface area contributed by atoms with Crippen molar-refractivity contribution in [3.8, 4) is 0 Å². The number of urea groups is 1. The fourth-order valence-corrected chi connectivity index (χ4v) is 2.71. The Morgan fingerprint density at radius 3 is 2.42 bits per heavy atom. The number of rotatable bonds is 3. The lowest BCUT2D eigenvalue weighted by atomic mass is 10.1. The van der Waals surface area contributed by atoms with Crippen LogP contribution >= 0.6 is 15.9 Å². The summed E-state index contributed by atoms with van der Waals surface area (Å²) in [5, 5.41) is 7.70. The lowest BCUT2D eigenvalue weighted by molar-refractivity contribution is 0.0879. The van der Waals surface area contributed by atoms with Gasteiger partial charge in [0.05, 0.1) is 17.2 Å². The Balaban J connectivity index is 1.67. The van der Waals surface area contributed by atoms with Gasteiger partial charge in [-0.2, -0.15) is 0 Å². The van der Waals surface area contributed by atoms with E-state index in [4.69, 9.17) is 0 Å². The summed E-state index contributed by atoms with van der Waals surface area (Å²) in [6.45, 7) is 1.87. The van der Waals surface area contributed by atoms with Crippen LogP contribution in [0.5, 0.6) is 0 Å². The van der Waals surface area contributed by atoms with Crippen molar-refractivity contribution in [1.82, 2.24) is 10.6 Å². The molecule has 1 atom stereocenters. The molecular weight excluding hydrogens is 374 g/mol. The summed E-state index contributed by atoms with van der Waals surface area (Å²) in [6, 6.07) is 11.7. The van der Waals surface area contributed by atoms with Crippen LogP contribution in [0.2, 0.25) is 0 Å². The number of halogens is 1. The minimum absolute atomic E-state index is 0.183.